The Balaban J connectivity index is 1.87. The molecule has 1 aromatic heterocycles. The van der Waals surface area contributed by atoms with Crippen LogP contribution in [0.25, 0.3) is 5.57 Å². The van der Waals surface area contributed by atoms with Gasteiger partial charge in [-0.1, -0.05) is 49.0 Å². The van der Waals surface area contributed by atoms with Crippen molar-refractivity contribution in [2.75, 3.05) is 0 Å². The predicted octanol–water partition coefficient (Wildman–Crippen LogP) is 3.63. The fraction of sp³-hybridized carbons (Fsp3) is 0.176. The van der Waals surface area contributed by atoms with Gasteiger partial charge < -0.3 is 9.84 Å². The Morgan fingerprint density at radius 2 is 2.05 bits per heavy atom. The molecule has 1 atom stereocenters. The summed E-state index contributed by atoms with van der Waals surface area (Å²) >= 11 is 0. The van der Waals surface area contributed by atoms with E-state index in [1.807, 2.05) is 36.6 Å². The van der Waals surface area contributed by atoms with Crippen LogP contribution in [0.4, 0.5) is 0 Å². The van der Waals surface area contributed by atoms with Crippen LogP contribution in [0.15, 0.2) is 65.5 Å². The Bertz CT molecular complexity index is 698. The lowest BCUT2D eigenvalue weighted by Crippen LogP contribution is -2.06. The molecule has 0 fully saturated rings. The van der Waals surface area contributed by atoms with E-state index in [2.05, 4.69) is 41.1 Å². The van der Waals surface area contributed by atoms with Crippen molar-refractivity contribution < 1.29 is 4.52 Å². The summed E-state index contributed by atoms with van der Waals surface area (Å²) in [4.78, 5) is 4.54. The molecule has 0 aliphatic carbocycles. The van der Waals surface area contributed by atoms with E-state index in [1.54, 1.807) is 0 Å². The molecule has 1 aromatic carbocycles. The smallest absolute Gasteiger partial charge is 0.234 e. The van der Waals surface area contributed by atoms with Crippen molar-refractivity contribution >= 4 is 5.57 Å². The van der Waals surface area contributed by atoms with Gasteiger partial charge in [0.15, 0.2) is 0 Å². The van der Waals surface area contributed by atoms with Crippen LogP contribution in [-0.2, 0) is 0 Å². The van der Waals surface area contributed by atoms with E-state index >= 15 is 0 Å². The van der Waals surface area contributed by atoms with Crippen LogP contribution in [0.5, 0.6) is 0 Å². The molecule has 0 saturated carbocycles. The van der Waals surface area contributed by atoms with E-state index < -0.39 is 0 Å². The number of dihydropyridines is 1. The number of nitrogens with zero attached hydrogens (tertiary/aromatic N) is 2. The van der Waals surface area contributed by atoms with Gasteiger partial charge in [0, 0.05) is 17.5 Å². The zero-order valence-corrected chi connectivity index (χ0v) is 11.9. The minimum absolute atomic E-state index is 0.128. The van der Waals surface area contributed by atoms with E-state index in [0.29, 0.717) is 11.7 Å². The summed E-state index contributed by atoms with van der Waals surface area (Å²) < 4.78 is 5.47. The average molecular weight is 279 g/mol. The van der Waals surface area contributed by atoms with Gasteiger partial charge in [-0.2, -0.15) is 4.98 Å². The minimum Gasteiger partial charge on any atom is -0.361 e. The van der Waals surface area contributed by atoms with Crippen molar-refractivity contribution in [1.29, 1.82) is 0 Å². The first kappa shape index (κ1) is 13.4. The second-order valence-corrected chi connectivity index (χ2v) is 4.93. The molecule has 0 amide bonds. The second kappa shape index (κ2) is 5.79. The third-order valence-electron chi connectivity index (χ3n) is 3.49. The summed E-state index contributed by atoms with van der Waals surface area (Å²) in [5.74, 6) is 1.37. The largest absolute Gasteiger partial charge is 0.361 e. The molecule has 4 nitrogen and oxygen atoms in total. The molecule has 3 rings (SSSR count). The first-order valence-corrected chi connectivity index (χ1v) is 7.00. The van der Waals surface area contributed by atoms with E-state index in [0.717, 1.165) is 17.7 Å². The number of rotatable bonds is 4. The topological polar surface area (TPSA) is 51.0 Å². The van der Waals surface area contributed by atoms with Gasteiger partial charge in [0.1, 0.15) is 0 Å². The Morgan fingerprint density at radius 1 is 1.24 bits per heavy atom. The van der Waals surface area contributed by atoms with E-state index in [4.69, 9.17) is 4.52 Å². The molecule has 0 radical (unpaired) electrons. The average Bonchev–Trinajstić information content (AvgIpc) is 2.99. The lowest BCUT2D eigenvalue weighted by Gasteiger charge is -2.10. The fourth-order valence-corrected chi connectivity index (χ4v) is 2.33. The van der Waals surface area contributed by atoms with Crippen molar-refractivity contribution in [2.24, 2.45) is 0 Å². The van der Waals surface area contributed by atoms with Crippen molar-refractivity contribution in [3.8, 4) is 0 Å². The van der Waals surface area contributed by atoms with Gasteiger partial charge in [-0.15, -0.1) is 0 Å². The maximum atomic E-state index is 5.47. The molecule has 1 N–H and O–H groups in total. The molecular weight excluding hydrogens is 262 g/mol. The molecule has 4 heteroatoms. The lowest BCUT2D eigenvalue weighted by atomic mass is 9.96. The van der Waals surface area contributed by atoms with Crippen LogP contribution in [0.2, 0.25) is 0 Å². The van der Waals surface area contributed by atoms with Gasteiger partial charge in [0.25, 0.3) is 0 Å². The molecule has 106 valence electrons. The second-order valence-electron chi connectivity index (χ2n) is 4.93. The van der Waals surface area contributed by atoms with Gasteiger partial charge in [-0.25, -0.2) is 0 Å². The highest BCUT2D eigenvalue weighted by molar-refractivity contribution is 5.71. The van der Waals surface area contributed by atoms with Crippen LogP contribution in [0, 0.1) is 0 Å². The minimum atomic E-state index is 0.128. The molecule has 1 unspecified atom stereocenters. The maximum Gasteiger partial charge on any atom is 0.234 e. The van der Waals surface area contributed by atoms with Gasteiger partial charge in [0.05, 0.1) is 5.92 Å². The molecule has 0 spiro atoms. The number of aromatic nitrogens is 2. The molecule has 1 aliphatic heterocycles. The quantitative estimate of drug-likeness (QED) is 0.928. The molecule has 21 heavy (non-hydrogen) atoms. The van der Waals surface area contributed by atoms with Crippen LogP contribution in [0.1, 0.15) is 36.5 Å². The Hall–Kier alpha value is -2.62. The van der Waals surface area contributed by atoms with Crippen molar-refractivity contribution in [3.05, 3.63) is 78.2 Å². The zero-order valence-electron chi connectivity index (χ0n) is 11.9. The number of benzene rings is 1. The Kier molecular flexibility index (Phi) is 3.69. The number of allylic oxidation sites excluding steroid dienone is 3. The van der Waals surface area contributed by atoms with Gasteiger partial charge in [-0.05, 0) is 24.1 Å². The standard InChI is InChI=1S/C17H17N3O/c1-3-15(13-7-5-4-6-8-13)17-19-16(20-21-17)14-10-9-12(2)18-11-14/h4-11,15,18H,2-3H2,1H3. The van der Waals surface area contributed by atoms with Crippen molar-refractivity contribution in [3.63, 3.8) is 0 Å². The van der Waals surface area contributed by atoms with Crippen LogP contribution in [-0.4, -0.2) is 10.1 Å². The Morgan fingerprint density at radius 3 is 2.71 bits per heavy atom. The molecule has 2 aromatic rings. The normalized spacial score (nSPS) is 15.5. The van der Waals surface area contributed by atoms with Gasteiger partial charge in [-0.3, -0.25) is 0 Å². The fourth-order valence-electron chi connectivity index (χ4n) is 2.33. The number of hydrogen-bond donors (Lipinski definition) is 1. The van der Waals surface area contributed by atoms with Crippen molar-refractivity contribution in [1.82, 2.24) is 15.5 Å². The summed E-state index contributed by atoms with van der Waals surface area (Å²) in [7, 11) is 0. The molecule has 0 bridgehead atoms. The molecule has 1 aliphatic rings. The monoisotopic (exact) mass is 279 g/mol. The highest BCUT2D eigenvalue weighted by Gasteiger charge is 2.20. The first-order chi connectivity index (χ1) is 10.3. The summed E-state index contributed by atoms with van der Waals surface area (Å²) in [6.45, 7) is 5.94. The first-order valence-electron chi connectivity index (χ1n) is 7.00. The van der Waals surface area contributed by atoms with E-state index in [9.17, 15) is 0 Å². The predicted molar refractivity (Wildman–Crippen MR) is 82.3 cm³/mol. The van der Waals surface area contributed by atoms with Crippen LogP contribution in [0.3, 0.4) is 0 Å². The molecule has 2 heterocycles. The van der Waals surface area contributed by atoms with E-state index in [-0.39, 0.29) is 5.92 Å². The molecule has 0 saturated heterocycles. The third-order valence-corrected chi connectivity index (χ3v) is 3.49. The number of nitrogens with one attached hydrogen (secondary N) is 1. The lowest BCUT2D eigenvalue weighted by molar-refractivity contribution is 0.361. The van der Waals surface area contributed by atoms with E-state index in [1.165, 1.54) is 5.56 Å². The Labute approximate surface area is 123 Å². The SMILES string of the molecule is C=C1C=CC(c2noc(C(CC)c3ccccc3)n2)=CN1. The van der Waals surface area contributed by atoms with Gasteiger partial charge >= 0.3 is 0 Å². The van der Waals surface area contributed by atoms with Crippen LogP contribution >= 0.6 is 0 Å². The highest BCUT2D eigenvalue weighted by Crippen LogP contribution is 2.27. The van der Waals surface area contributed by atoms with Crippen molar-refractivity contribution in [2.45, 2.75) is 19.3 Å². The summed E-state index contributed by atoms with van der Waals surface area (Å²) in [5, 5.41) is 7.13. The number of hydrogen-bond acceptors (Lipinski definition) is 4. The third kappa shape index (κ3) is 2.79. The summed E-state index contributed by atoms with van der Waals surface area (Å²) in [6.07, 6.45) is 6.56. The van der Waals surface area contributed by atoms with Crippen LogP contribution < -0.4 is 5.32 Å². The zero-order chi connectivity index (χ0) is 14.7. The summed E-state index contributed by atoms with van der Waals surface area (Å²) in [6, 6.07) is 10.2. The molecular formula is C17H17N3O. The maximum absolute atomic E-state index is 5.47. The highest BCUT2D eigenvalue weighted by atomic mass is 16.5. The summed E-state index contributed by atoms with van der Waals surface area (Å²) in [5.41, 5.74) is 2.92. The van der Waals surface area contributed by atoms with Gasteiger partial charge in [0.2, 0.25) is 11.7 Å².